The van der Waals surface area contributed by atoms with Crippen LogP contribution in [-0.4, -0.2) is 17.0 Å². The third-order valence-electron chi connectivity index (χ3n) is 2.74. The number of hydrogen-bond acceptors (Lipinski definition) is 4. The van der Waals surface area contributed by atoms with Gasteiger partial charge in [0.1, 0.15) is 5.82 Å². The van der Waals surface area contributed by atoms with E-state index in [-0.39, 0.29) is 0 Å². The summed E-state index contributed by atoms with van der Waals surface area (Å²) in [5.74, 6) is 1.67. The summed E-state index contributed by atoms with van der Waals surface area (Å²) in [4.78, 5) is 9.26. The second-order valence-electron chi connectivity index (χ2n) is 4.12. The topological polar surface area (TPSA) is 37.8 Å². The van der Waals surface area contributed by atoms with Crippen molar-refractivity contribution < 1.29 is 0 Å². The zero-order chi connectivity index (χ0) is 13.1. The Morgan fingerprint density at radius 1 is 1.33 bits per heavy atom. The Morgan fingerprint density at radius 3 is 2.67 bits per heavy atom. The maximum Gasteiger partial charge on any atom is 0.162 e. The van der Waals surface area contributed by atoms with E-state index in [1.165, 1.54) is 5.56 Å². The summed E-state index contributed by atoms with van der Waals surface area (Å²) in [7, 11) is 1.88. The molecule has 0 aliphatic rings. The fourth-order valence-corrected chi connectivity index (χ4v) is 3.17. The number of anilines is 1. The molecule has 0 spiro atoms. The molecule has 0 bridgehead atoms. The molecule has 18 heavy (non-hydrogen) atoms. The molecule has 96 valence electrons. The smallest absolute Gasteiger partial charge is 0.162 e. The molecule has 3 nitrogen and oxygen atoms in total. The second kappa shape index (κ2) is 5.80. The van der Waals surface area contributed by atoms with Gasteiger partial charge >= 0.3 is 0 Å². The zero-order valence-corrected chi connectivity index (χ0v) is 13.2. The van der Waals surface area contributed by atoms with Gasteiger partial charge in [0.25, 0.3) is 0 Å². The van der Waals surface area contributed by atoms with Crippen molar-refractivity contribution in [1.29, 1.82) is 0 Å². The highest BCUT2D eigenvalue weighted by Crippen LogP contribution is 2.30. The maximum atomic E-state index is 4.68. The van der Waals surface area contributed by atoms with E-state index in [4.69, 9.17) is 0 Å². The number of hydrogen-bond donors (Lipinski definition) is 1. The molecule has 0 unspecified atom stereocenters. The molecule has 0 atom stereocenters. The third-order valence-corrected chi connectivity index (χ3v) is 4.43. The van der Waals surface area contributed by atoms with Crippen LogP contribution >= 0.6 is 27.3 Å². The van der Waals surface area contributed by atoms with Crippen molar-refractivity contribution in [3.63, 3.8) is 0 Å². The van der Waals surface area contributed by atoms with Gasteiger partial charge in [0.2, 0.25) is 0 Å². The van der Waals surface area contributed by atoms with Crippen LogP contribution in [0.2, 0.25) is 0 Å². The van der Waals surface area contributed by atoms with E-state index in [2.05, 4.69) is 55.8 Å². The minimum absolute atomic E-state index is 0.810. The fraction of sp³-hybridized carbons (Fsp3) is 0.385. The van der Waals surface area contributed by atoms with Crippen molar-refractivity contribution in [3.05, 3.63) is 26.5 Å². The first-order valence-corrected chi connectivity index (χ1v) is 7.68. The van der Waals surface area contributed by atoms with E-state index in [1.54, 1.807) is 11.3 Å². The lowest BCUT2D eigenvalue weighted by atomic mass is 10.2. The first-order valence-electron chi connectivity index (χ1n) is 5.94. The van der Waals surface area contributed by atoms with Gasteiger partial charge in [-0.25, -0.2) is 9.97 Å². The average molecular weight is 326 g/mol. The van der Waals surface area contributed by atoms with Crippen molar-refractivity contribution in [3.8, 4) is 11.4 Å². The van der Waals surface area contributed by atoms with Crippen molar-refractivity contribution in [2.75, 3.05) is 12.4 Å². The van der Waals surface area contributed by atoms with Gasteiger partial charge in [0.05, 0.1) is 10.2 Å². The van der Waals surface area contributed by atoms with Gasteiger partial charge in [-0.05, 0) is 40.2 Å². The van der Waals surface area contributed by atoms with E-state index in [0.717, 1.165) is 40.2 Å². The molecule has 5 heteroatoms. The molecular weight excluding hydrogens is 310 g/mol. The van der Waals surface area contributed by atoms with Crippen LogP contribution < -0.4 is 5.32 Å². The summed E-state index contributed by atoms with van der Waals surface area (Å²) < 4.78 is 0.975. The molecule has 1 N–H and O–H groups in total. The predicted molar refractivity (Wildman–Crippen MR) is 81.3 cm³/mol. The minimum Gasteiger partial charge on any atom is -0.372 e. The fourth-order valence-electron chi connectivity index (χ4n) is 1.77. The lowest BCUT2D eigenvalue weighted by molar-refractivity contribution is 0.869. The molecular formula is C13H16BrN3S. The number of aromatic nitrogens is 2. The molecule has 0 aromatic carbocycles. The van der Waals surface area contributed by atoms with Crippen LogP contribution in [0, 0.1) is 6.92 Å². The zero-order valence-electron chi connectivity index (χ0n) is 10.7. The summed E-state index contributed by atoms with van der Waals surface area (Å²) in [6.45, 7) is 4.25. The Kier molecular flexibility index (Phi) is 4.35. The van der Waals surface area contributed by atoms with Crippen LogP contribution in [0.25, 0.3) is 11.4 Å². The lowest BCUT2D eigenvalue weighted by Crippen LogP contribution is -2.03. The molecule has 0 radical (unpaired) electrons. The molecule has 0 fully saturated rings. The first-order chi connectivity index (χ1) is 8.67. The normalized spacial score (nSPS) is 10.7. The number of halogens is 1. The number of rotatable bonds is 4. The van der Waals surface area contributed by atoms with Gasteiger partial charge in [-0.3, -0.25) is 0 Å². The van der Waals surface area contributed by atoms with Gasteiger partial charge in [0.15, 0.2) is 5.82 Å². The van der Waals surface area contributed by atoms with E-state index >= 15 is 0 Å². The highest BCUT2D eigenvalue weighted by atomic mass is 79.9. The van der Waals surface area contributed by atoms with Crippen LogP contribution in [0.1, 0.15) is 24.6 Å². The van der Waals surface area contributed by atoms with Gasteiger partial charge in [-0.1, -0.05) is 13.3 Å². The Morgan fingerprint density at radius 2 is 2.11 bits per heavy atom. The van der Waals surface area contributed by atoms with Gasteiger partial charge in [0, 0.05) is 18.0 Å². The largest absolute Gasteiger partial charge is 0.372 e. The van der Waals surface area contributed by atoms with E-state index < -0.39 is 0 Å². The average Bonchev–Trinajstić information content (AvgIpc) is 2.78. The molecule has 0 aliphatic carbocycles. The van der Waals surface area contributed by atoms with Gasteiger partial charge in [-0.2, -0.15) is 11.3 Å². The molecule has 0 aliphatic heterocycles. The molecule has 2 aromatic rings. The van der Waals surface area contributed by atoms with Crippen molar-refractivity contribution in [2.24, 2.45) is 0 Å². The van der Waals surface area contributed by atoms with Crippen molar-refractivity contribution in [2.45, 2.75) is 26.7 Å². The van der Waals surface area contributed by atoms with Crippen molar-refractivity contribution in [1.82, 2.24) is 9.97 Å². The standard InChI is InChI=1S/C13H16BrN3S/c1-4-5-10-11(14)13(15-3)17-12(16-10)9-7-18-6-8(9)2/h6-7H,4-5H2,1-3H3,(H,15,16,17). The number of nitrogens with one attached hydrogen (secondary N) is 1. The van der Waals surface area contributed by atoms with E-state index in [0.29, 0.717) is 0 Å². The molecule has 2 aromatic heterocycles. The van der Waals surface area contributed by atoms with Crippen LogP contribution in [0.3, 0.4) is 0 Å². The van der Waals surface area contributed by atoms with Gasteiger partial charge in [-0.15, -0.1) is 0 Å². The SMILES string of the molecule is CCCc1nc(-c2cscc2C)nc(NC)c1Br. The van der Waals surface area contributed by atoms with E-state index in [1.807, 2.05) is 7.05 Å². The van der Waals surface area contributed by atoms with Gasteiger partial charge < -0.3 is 5.32 Å². The minimum atomic E-state index is 0.810. The molecule has 0 saturated carbocycles. The highest BCUT2D eigenvalue weighted by Gasteiger charge is 2.13. The van der Waals surface area contributed by atoms with Crippen LogP contribution in [0.5, 0.6) is 0 Å². The van der Waals surface area contributed by atoms with E-state index in [9.17, 15) is 0 Å². The Hall–Kier alpha value is -0.940. The maximum absolute atomic E-state index is 4.68. The molecule has 0 saturated heterocycles. The predicted octanol–water partition coefficient (Wildman–Crippen LogP) is 4.27. The second-order valence-corrected chi connectivity index (χ2v) is 5.66. The number of thiophene rings is 1. The van der Waals surface area contributed by atoms with Crippen LogP contribution in [-0.2, 0) is 6.42 Å². The lowest BCUT2D eigenvalue weighted by Gasteiger charge is -2.10. The van der Waals surface area contributed by atoms with Crippen molar-refractivity contribution >= 4 is 33.1 Å². The summed E-state index contributed by atoms with van der Waals surface area (Å²) in [5, 5.41) is 7.35. The quantitative estimate of drug-likeness (QED) is 0.912. The van der Waals surface area contributed by atoms with Crippen LogP contribution in [0.4, 0.5) is 5.82 Å². The molecule has 2 rings (SSSR count). The summed E-state index contributed by atoms with van der Waals surface area (Å²) in [6.07, 6.45) is 2.02. The third kappa shape index (κ3) is 2.57. The number of aryl methyl sites for hydroxylation is 2. The number of nitrogens with zero attached hydrogens (tertiary/aromatic N) is 2. The Balaban J connectivity index is 2.55. The highest BCUT2D eigenvalue weighted by molar-refractivity contribution is 9.10. The van der Waals surface area contributed by atoms with Crippen LogP contribution in [0.15, 0.2) is 15.2 Å². The molecule has 0 amide bonds. The Labute approximate surface area is 120 Å². The first kappa shape index (κ1) is 13.5. The summed E-state index contributed by atoms with van der Waals surface area (Å²) >= 11 is 5.26. The summed E-state index contributed by atoms with van der Waals surface area (Å²) in [6, 6.07) is 0. The Bertz CT molecular complexity index is 551. The monoisotopic (exact) mass is 325 g/mol. The summed E-state index contributed by atoms with van der Waals surface area (Å²) in [5.41, 5.74) is 3.42. The molecule has 2 heterocycles.